The van der Waals surface area contributed by atoms with E-state index in [1.807, 2.05) is 11.0 Å². The summed E-state index contributed by atoms with van der Waals surface area (Å²) in [6.07, 6.45) is 0.947. The number of amides is 1. The minimum Gasteiger partial charge on any atom is -0.461 e. The van der Waals surface area contributed by atoms with Crippen LogP contribution in [0, 0.1) is 5.82 Å². The van der Waals surface area contributed by atoms with Crippen LogP contribution >= 0.6 is 12.4 Å². The molecule has 0 bridgehead atoms. The van der Waals surface area contributed by atoms with Crippen molar-refractivity contribution < 1.29 is 13.6 Å². The Balaban J connectivity index is 0.00000208. The van der Waals surface area contributed by atoms with Gasteiger partial charge in [-0.1, -0.05) is 12.1 Å². The average molecular weight is 353 g/mol. The predicted molar refractivity (Wildman–Crippen MR) is 93.7 cm³/mol. The number of carbonyl (C=O) groups is 1. The first-order valence-corrected chi connectivity index (χ1v) is 7.98. The molecule has 1 atom stereocenters. The summed E-state index contributed by atoms with van der Waals surface area (Å²) in [6, 6.07) is 10.4. The van der Waals surface area contributed by atoms with Crippen molar-refractivity contribution in [2.24, 2.45) is 0 Å². The van der Waals surface area contributed by atoms with Crippen molar-refractivity contribution >= 4 is 18.3 Å². The second-order valence-corrected chi connectivity index (χ2v) is 5.94. The monoisotopic (exact) mass is 352 g/mol. The molecule has 24 heavy (non-hydrogen) atoms. The minimum absolute atomic E-state index is 0. The van der Waals surface area contributed by atoms with E-state index in [-0.39, 0.29) is 24.1 Å². The van der Waals surface area contributed by atoms with E-state index in [0.29, 0.717) is 36.0 Å². The van der Waals surface area contributed by atoms with Crippen LogP contribution in [0.4, 0.5) is 4.39 Å². The molecule has 0 radical (unpaired) electrons. The number of furan rings is 1. The number of hydrogen-bond acceptors (Lipinski definition) is 3. The highest BCUT2D eigenvalue weighted by Gasteiger charge is 2.20. The van der Waals surface area contributed by atoms with Crippen LogP contribution in [0.1, 0.15) is 19.1 Å². The third-order valence-electron chi connectivity index (χ3n) is 4.11. The maximum absolute atomic E-state index is 13.8. The minimum atomic E-state index is -0.306. The molecule has 1 amide bonds. The molecule has 6 heteroatoms. The van der Waals surface area contributed by atoms with Crippen molar-refractivity contribution in [2.75, 3.05) is 19.6 Å². The van der Waals surface area contributed by atoms with E-state index in [2.05, 4.69) is 12.2 Å². The highest BCUT2D eigenvalue weighted by Crippen LogP contribution is 2.25. The molecule has 1 aromatic heterocycles. The zero-order valence-corrected chi connectivity index (χ0v) is 14.4. The number of hydrogen-bond donors (Lipinski definition) is 1. The lowest BCUT2D eigenvalue weighted by Crippen LogP contribution is -2.51. The highest BCUT2D eigenvalue weighted by molar-refractivity contribution is 5.85. The van der Waals surface area contributed by atoms with Gasteiger partial charge in [0.05, 0.1) is 5.56 Å². The van der Waals surface area contributed by atoms with E-state index in [1.165, 1.54) is 6.07 Å². The Kier molecular flexibility index (Phi) is 6.40. The number of nitrogens with one attached hydrogen (secondary N) is 1. The normalized spacial score (nSPS) is 17.4. The lowest BCUT2D eigenvalue weighted by atomic mass is 10.1. The maximum atomic E-state index is 13.8. The lowest BCUT2D eigenvalue weighted by Gasteiger charge is -2.31. The van der Waals surface area contributed by atoms with Crippen LogP contribution in [-0.4, -0.2) is 36.5 Å². The smallest absolute Gasteiger partial charge is 0.223 e. The molecule has 1 unspecified atom stereocenters. The Morgan fingerprint density at radius 3 is 2.88 bits per heavy atom. The fraction of sp³-hybridized carbons (Fsp3) is 0.389. The number of carbonyl (C=O) groups excluding carboxylic acids is 1. The van der Waals surface area contributed by atoms with Gasteiger partial charge in [0.25, 0.3) is 0 Å². The molecule has 1 saturated heterocycles. The largest absolute Gasteiger partial charge is 0.461 e. The number of halogens is 2. The van der Waals surface area contributed by atoms with Gasteiger partial charge in [0.2, 0.25) is 5.91 Å². The zero-order valence-electron chi connectivity index (χ0n) is 13.6. The summed E-state index contributed by atoms with van der Waals surface area (Å²) in [5, 5.41) is 3.32. The van der Waals surface area contributed by atoms with E-state index in [4.69, 9.17) is 4.42 Å². The molecule has 1 aromatic carbocycles. The molecule has 2 aromatic rings. The van der Waals surface area contributed by atoms with E-state index >= 15 is 0 Å². The molecule has 2 heterocycles. The zero-order chi connectivity index (χ0) is 16.2. The molecule has 4 nitrogen and oxygen atoms in total. The molecule has 130 valence electrons. The van der Waals surface area contributed by atoms with Crippen molar-refractivity contribution in [3.8, 4) is 11.3 Å². The number of rotatable bonds is 4. The molecule has 1 aliphatic rings. The maximum Gasteiger partial charge on any atom is 0.223 e. The molecule has 0 aliphatic carbocycles. The fourth-order valence-electron chi connectivity index (χ4n) is 2.87. The number of nitrogens with zero attached hydrogens (tertiary/aromatic N) is 1. The second-order valence-electron chi connectivity index (χ2n) is 5.94. The summed E-state index contributed by atoms with van der Waals surface area (Å²) in [7, 11) is 0. The summed E-state index contributed by atoms with van der Waals surface area (Å²) in [6.45, 7) is 4.41. The Labute approximate surface area is 147 Å². The highest BCUT2D eigenvalue weighted by atomic mass is 35.5. The standard InChI is InChI=1S/C18H21FN2O2.ClH/c1-13-12-21(11-10-20-13)18(22)9-7-14-6-8-17(23-14)15-4-2-3-5-16(15)19;/h2-6,8,13,20H,7,9-12H2,1H3;1H. The van der Waals surface area contributed by atoms with Crippen molar-refractivity contribution in [2.45, 2.75) is 25.8 Å². The molecule has 1 fully saturated rings. The van der Waals surface area contributed by atoms with Crippen molar-refractivity contribution in [3.05, 3.63) is 48.0 Å². The first-order chi connectivity index (χ1) is 11.1. The van der Waals surface area contributed by atoms with Crippen molar-refractivity contribution in [1.29, 1.82) is 0 Å². The summed E-state index contributed by atoms with van der Waals surface area (Å²) in [5.41, 5.74) is 0.445. The van der Waals surface area contributed by atoms with E-state index in [1.54, 1.807) is 24.3 Å². The van der Waals surface area contributed by atoms with Crippen LogP contribution in [0.25, 0.3) is 11.3 Å². The third kappa shape index (κ3) is 4.36. The fourth-order valence-corrected chi connectivity index (χ4v) is 2.87. The van der Waals surface area contributed by atoms with Gasteiger partial charge in [-0.25, -0.2) is 4.39 Å². The summed E-state index contributed by atoms with van der Waals surface area (Å²) in [4.78, 5) is 14.1. The first kappa shape index (κ1) is 18.5. The Morgan fingerprint density at radius 1 is 1.33 bits per heavy atom. The molecule has 1 N–H and O–H groups in total. The van der Waals surface area contributed by atoms with E-state index in [0.717, 1.165) is 19.6 Å². The second kappa shape index (κ2) is 8.31. The first-order valence-electron chi connectivity index (χ1n) is 7.98. The summed E-state index contributed by atoms with van der Waals surface area (Å²) < 4.78 is 19.4. The molecular weight excluding hydrogens is 331 g/mol. The van der Waals surface area contributed by atoms with Gasteiger partial charge in [-0.15, -0.1) is 12.4 Å². The Hall–Kier alpha value is -1.85. The van der Waals surface area contributed by atoms with E-state index < -0.39 is 0 Å². The molecule has 0 spiro atoms. The van der Waals surface area contributed by atoms with Gasteiger partial charge in [-0.05, 0) is 31.2 Å². The van der Waals surface area contributed by atoms with Gasteiger partial charge in [0.15, 0.2) is 0 Å². The Bertz CT molecular complexity index is 689. The molecule has 0 saturated carbocycles. The average Bonchev–Trinajstić information content (AvgIpc) is 3.02. The van der Waals surface area contributed by atoms with Crippen LogP contribution in [-0.2, 0) is 11.2 Å². The predicted octanol–water partition coefficient (Wildman–Crippen LogP) is 3.26. The number of aryl methyl sites for hydroxylation is 1. The van der Waals surface area contributed by atoms with Crippen LogP contribution in [0.5, 0.6) is 0 Å². The topological polar surface area (TPSA) is 45.5 Å². The van der Waals surface area contributed by atoms with Gasteiger partial charge in [-0.2, -0.15) is 0 Å². The van der Waals surface area contributed by atoms with Gasteiger partial charge in [0, 0.05) is 38.5 Å². The quantitative estimate of drug-likeness (QED) is 0.918. The van der Waals surface area contributed by atoms with Crippen LogP contribution in [0.15, 0.2) is 40.8 Å². The molecule has 3 rings (SSSR count). The van der Waals surface area contributed by atoms with Crippen LogP contribution in [0.2, 0.25) is 0 Å². The third-order valence-corrected chi connectivity index (χ3v) is 4.11. The van der Waals surface area contributed by atoms with E-state index in [9.17, 15) is 9.18 Å². The molecule has 1 aliphatic heterocycles. The van der Waals surface area contributed by atoms with Gasteiger partial charge >= 0.3 is 0 Å². The Morgan fingerprint density at radius 2 is 2.12 bits per heavy atom. The van der Waals surface area contributed by atoms with Gasteiger partial charge < -0.3 is 14.6 Å². The number of benzene rings is 1. The van der Waals surface area contributed by atoms with Gasteiger partial charge in [0.1, 0.15) is 17.3 Å². The van der Waals surface area contributed by atoms with Crippen LogP contribution < -0.4 is 5.32 Å². The van der Waals surface area contributed by atoms with Gasteiger partial charge in [-0.3, -0.25) is 4.79 Å². The summed E-state index contributed by atoms with van der Waals surface area (Å²) >= 11 is 0. The number of piperazine rings is 1. The SMILES string of the molecule is CC1CN(C(=O)CCc2ccc(-c3ccccc3F)o2)CCN1.Cl. The summed E-state index contributed by atoms with van der Waals surface area (Å²) in [5.74, 6) is 1.04. The van der Waals surface area contributed by atoms with Crippen molar-refractivity contribution in [1.82, 2.24) is 10.2 Å². The lowest BCUT2D eigenvalue weighted by molar-refractivity contribution is -0.132. The molecular formula is C18H22ClFN2O2. The van der Waals surface area contributed by atoms with Crippen molar-refractivity contribution in [3.63, 3.8) is 0 Å². The van der Waals surface area contributed by atoms with Crippen LogP contribution in [0.3, 0.4) is 0 Å².